The molecule has 2 N–H and O–H groups in total. The average molecular weight is 575 g/mol. The summed E-state index contributed by atoms with van der Waals surface area (Å²) in [5.41, 5.74) is 6.63. The smallest absolute Gasteiger partial charge is 0.191 e. The molecule has 2 aromatic carbocycles. The number of para-hydroxylation sites is 1. The highest BCUT2D eigenvalue weighted by atomic mass is 127. The maximum Gasteiger partial charge on any atom is 0.191 e. The molecule has 2 heterocycles. The van der Waals surface area contributed by atoms with E-state index in [1.54, 1.807) is 7.05 Å². The topological polar surface area (TPSA) is 72.7 Å². The van der Waals surface area contributed by atoms with Gasteiger partial charge in [0.15, 0.2) is 5.96 Å². The van der Waals surface area contributed by atoms with Crippen molar-refractivity contribution in [3.8, 4) is 11.4 Å². The Morgan fingerprint density at radius 2 is 1.88 bits per heavy atom. The zero-order valence-corrected chi connectivity index (χ0v) is 22.6. The lowest BCUT2D eigenvalue weighted by molar-refractivity contribution is 0.140. The number of halogens is 1. The van der Waals surface area contributed by atoms with Crippen LogP contribution in [0.15, 0.2) is 53.5 Å². The van der Waals surface area contributed by atoms with Gasteiger partial charge in [0.05, 0.1) is 24.6 Å². The van der Waals surface area contributed by atoms with Gasteiger partial charge in [-0.1, -0.05) is 30.3 Å². The lowest BCUT2D eigenvalue weighted by atomic mass is 10.1. The molecule has 0 amide bonds. The molecule has 8 heteroatoms. The van der Waals surface area contributed by atoms with Crippen molar-refractivity contribution in [1.82, 2.24) is 20.4 Å². The second kappa shape index (κ2) is 12.2. The summed E-state index contributed by atoms with van der Waals surface area (Å²) in [5.74, 6) is 1.64. The molecule has 0 radical (unpaired) electrons. The Morgan fingerprint density at radius 1 is 1.12 bits per heavy atom. The molecule has 1 fully saturated rings. The van der Waals surface area contributed by atoms with Crippen LogP contribution in [0.3, 0.4) is 0 Å². The van der Waals surface area contributed by atoms with Gasteiger partial charge >= 0.3 is 0 Å². The Hall–Kier alpha value is -2.59. The van der Waals surface area contributed by atoms with E-state index in [2.05, 4.69) is 59.8 Å². The molecule has 0 saturated carbocycles. The maximum atomic E-state index is 6.22. The van der Waals surface area contributed by atoms with Crippen LogP contribution in [-0.4, -0.2) is 42.1 Å². The Kier molecular flexibility index (Phi) is 9.35. The summed E-state index contributed by atoms with van der Waals surface area (Å²) in [7, 11) is 1.78. The molecule has 4 rings (SSSR count). The number of aliphatic imine (C=N–C) groups is 1. The lowest BCUT2D eigenvalue weighted by Crippen LogP contribution is -2.36. The second-order valence-corrected chi connectivity index (χ2v) is 8.39. The van der Waals surface area contributed by atoms with Crippen LogP contribution in [0, 0.1) is 20.8 Å². The Bertz CT molecular complexity index is 1110. The van der Waals surface area contributed by atoms with E-state index in [9.17, 15) is 0 Å². The number of hydrogen-bond donors (Lipinski definition) is 2. The molecule has 1 aliphatic heterocycles. The van der Waals surface area contributed by atoms with E-state index in [4.69, 9.17) is 14.6 Å². The summed E-state index contributed by atoms with van der Waals surface area (Å²) in [4.78, 5) is 4.40. The first kappa shape index (κ1) is 26.0. The average Bonchev–Trinajstić information content (AvgIpc) is 3.43. The molecule has 0 bridgehead atoms. The van der Waals surface area contributed by atoms with E-state index in [0.29, 0.717) is 19.7 Å². The Labute approximate surface area is 219 Å². The number of aryl methyl sites for hydroxylation is 2. The molecular weight excluding hydrogens is 541 g/mol. The van der Waals surface area contributed by atoms with Crippen LogP contribution in [0.2, 0.25) is 0 Å². The molecule has 182 valence electrons. The first-order chi connectivity index (χ1) is 16.0. The predicted molar refractivity (Wildman–Crippen MR) is 147 cm³/mol. The molecule has 0 spiro atoms. The highest BCUT2D eigenvalue weighted by molar-refractivity contribution is 14.0. The van der Waals surface area contributed by atoms with Gasteiger partial charge in [0.1, 0.15) is 11.9 Å². The Morgan fingerprint density at radius 3 is 2.59 bits per heavy atom. The van der Waals surface area contributed by atoms with Crippen LogP contribution >= 0.6 is 24.0 Å². The monoisotopic (exact) mass is 575 g/mol. The molecule has 7 nitrogen and oxygen atoms in total. The molecular formula is C26H34IN5O2. The summed E-state index contributed by atoms with van der Waals surface area (Å²) in [6.45, 7) is 8.89. The molecule has 1 aliphatic rings. The zero-order chi connectivity index (χ0) is 23.2. The van der Waals surface area contributed by atoms with Crippen LogP contribution in [0.1, 0.15) is 34.5 Å². The van der Waals surface area contributed by atoms with E-state index in [-0.39, 0.29) is 30.1 Å². The fraction of sp³-hybridized carbons (Fsp3) is 0.385. The number of nitrogens with zero attached hydrogens (tertiary/aromatic N) is 3. The molecule has 1 unspecified atom stereocenters. The third-order valence-corrected chi connectivity index (χ3v) is 5.95. The number of ether oxygens (including phenoxy) is 2. The standard InChI is InChI=1S/C26H33N5O2.HI/c1-18-10-11-21(25(14-18)33-23-12-13-32-17-23)15-28-26(27-4)29-16-24-19(2)30-31(20(24)3)22-8-6-5-7-9-22;/h5-11,14,23H,12-13,15-17H2,1-4H3,(H2,27,28,29);1H. The maximum absolute atomic E-state index is 6.22. The summed E-state index contributed by atoms with van der Waals surface area (Å²) >= 11 is 0. The Balaban J connectivity index is 0.00000324. The van der Waals surface area contributed by atoms with Crippen molar-refractivity contribution < 1.29 is 9.47 Å². The normalized spacial score (nSPS) is 15.6. The van der Waals surface area contributed by atoms with Gasteiger partial charge in [0.2, 0.25) is 0 Å². The fourth-order valence-corrected chi connectivity index (χ4v) is 4.03. The molecule has 1 saturated heterocycles. The van der Waals surface area contributed by atoms with Gasteiger partial charge in [0, 0.05) is 43.4 Å². The number of rotatable bonds is 7. The van der Waals surface area contributed by atoms with E-state index >= 15 is 0 Å². The largest absolute Gasteiger partial charge is 0.488 e. The molecule has 3 aromatic rings. The second-order valence-electron chi connectivity index (χ2n) is 8.39. The van der Waals surface area contributed by atoms with Crippen molar-refractivity contribution in [2.45, 2.75) is 46.4 Å². The van der Waals surface area contributed by atoms with Crippen molar-refractivity contribution in [2.75, 3.05) is 20.3 Å². The first-order valence-electron chi connectivity index (χ1n) is 11.4. The molecule has 0 aliphatic carbocycles. The quantitative estimate of drug-likeness (QED) is 0.248. The minimum atomic E-state index is 0. The fourth-order valence-electron chi connectivity index (χ4n) is 4.03. The van der Waals surface area contributed by atoms with Crippen LogP contribution in [-0.2, 0) is 17.8 Å². The number of nitrogens with one attached hydrogen (secondary N) is 2. The van der Waals surface area contributed by atoms with Crippen molar-refractivity contribution in [3.05, 3.63) is 76.6 Å². The summed E-state index contributed by atoms with van der Waals surface area (Å²) in [5, 5.41) is 11.6. The highest BCUT2D eigenvalue weighted by Gasteiger charge is 2.19. The lowest BCUT2D eigenvalue weighted by Gasteiger charge is -2.18. The van der Waals surface area contributed by atoms with Gasteiger partial charge in [0.25, 0.3) is 0 Å². The van der Waals surface area contributed by atoms with Crippen LogP contribution in [0.25, 0.3) is 5.69 Å². The van der Waals surface area contributed by atoms with Crippen molar-refractivity contribution >= 4 is 29.9 Å². The van der Waals surface area contributed by atoms with Crippen LogP contribution in [0.4, 0.5) is 0 Å². The highest BCUT2D eigenvalue weighted by Crippen LogP contribution is 2.24. The van der Waals surface area contributed by atoms with E-state index in [1.807, 2.05) is 29.8 Å². The van der Waals surface area contributed by atoms with Gasteiger partial charge in [-0.3, -0.25) is 4.99 Å². The summed E-state index contributed by atoms with van der Waals surface area (Å²) < 4.78 is 13.7. The van der Waals surface area contributed by atoms with Crippen molar-refractivity contribution in [2.24, 2.45) is 4.99 Å². The number of guanidine groups is 1. The van der Waals surface area contributed by atoms with Gasteiger partial charge in [-0.05, 0) is 44.5 Å². The van der Waals surface area contributed by atoms with Crippen molar-refractivity contribution in [1.29, 1.82) is 0 Å². The summed E-state index contributed by atoms with van der Waals surface area (Å²) in [6.07, 6.45) is 1.05. The molecule has 1 atom stereocenters. The van der Waals surface area contributed by atoms with Crippen LogP contribution < -0.4 is 15.4 Å². The van der Waals surface area contributed by atoms with E-state index < -0.39 is 0 Å². The minimum Gasteiger partial charge on any atom is -0.488 e. The minimum absolute atomic E-state index is 0. The van der Waals surface area contributed by atoms with E-state index in [1.165, 1.54) is 11.1 Å². The van der Waals surface area contributed by atoms with Gasteiger partial charge < -0.3 is 20.1 Å². The zero-order valence-electron chi connectivity index (χ0n) is 20.3. The van der Waals surface area contributed by atoms with E-state index in [0.717, 1.165) is 47.4 Å². The SMILES string of the molecule is CN=C(NCc1ccc(C)cc1OC1CCOC1)NCc1c(C)nn(-c2ccccc2)c1C.I. The molecule has 1 aromatic heterocycles. The number of benzene rings is 2. The third kappa shape index (κ3) is 6.29. The predicted octanol–water partition coefficient (Wildman–Crippen LogP) is 4.45. The van der Waals surface area contributed by atoms with Crippen LogP contribution in [0.5, 0.6) is 5.75 Å². The van der Waals surface area contributed by atoms with Gasteiger partial charge in [-0.25, -0.2) is 4.68 Å². The van der Waals surface area contributed by atoms with Crippen molar-refractivity contribution in [3.63, 3.8) is 0 Å². The molecule has 34 heavy (non-hydrogen) atoms. The van der Waals surface area contributed by atoms with Gasteiger partial charge in [-0.15, -0.1) is 24.0 Å². The summed E-state index contributed by atoms with van der Waals surface area (Å²) in [6, 6.07) is 16.5. The number of hydrogen-bond acceptors (Lipinski definition) is 4. The number of aromatic nitrogens is 2. The third-order valence-electron chi connectivity index (χ3n) is 5.95. The van der Waals surface area contributed by atoms with Gasteiger partial charge in [-0.2, -0.15) is 5.10 Å². The first-order valence-corrected chi connectivity index (χ1v) is 11.4.